The number of urea groups is 1. The van der Waals surface area contributed by atoms with Crippen molar-refractivity contribution in [3.63, 3.8) is 0 Å². The van der Waals surface area contributed by atoms with Crippen LogP contribution in [0, 0.1) is 0 Å². The van der Waals surface area contributed by atoms with Crippen molar-refractivity contribution < 1.29 is 14.3 Å². The number of hydrogen-bond acceptors (Lipinski definition) is 4. The zero-order chi connectivity index (χ0) is 15.2. The van der Waals surface area contributed by atoms with Crippen molar-refractivity contribution in [2.24, 2.45) is 0 Å². The Morgan fingerprint density at radius 1 is 1.36 bits per heavy atom. The minimum absolute atomic E-state index is 0.0872. The Kier molecular flexibility index (Phi) is 4.67. The molecule has 1 saturated heterocycles. The maximum atomic E-state index is 11.9. The average molecular weight is 302 g/mol. The third-order valence-corrected chi connectivity index (χ3v) is 3.31. The summed E-state index contributed by atoms with van der Waals surface area (Å²) in [6, 6.07) is 9.15. The summed E-state index contributed by atoms with van der Waals surface area (Å²) in [5, 5.41) is 12.4. The predicted molar refractivity (Wildman–Crippen MR) is 81.6 cm³/mol. The number of rotatable bonds is 4. The largest absolute Gasteiger partial charge is 0.376 e. The number of anilines is 1. The number of H-pyrrole nitrogens is 1. The standard InChI is InChI=1S/C15H18N4O3/c20-15(16-9-13-10-21-6-7-22-13)18-12-3-1-2-11(8-12)14-4-5-17-19-14/h1-5,8,13H,6-7,9-10H2,(H,17,19)(H2,16,18,20)/t13-/m0/s1. The summed E-state index contributed by atoms with van der Waals surface area (Å²) in [5.74, 6) is 0. The van der Waals surface area contributed by atoms with E-state index in [2.05, 4.69) is 20.8 Å². The SMILES string of the molecule is O=C(NC[C@H]1COCCO1)Nc1cccc(-c2ccn[nH]2)c1. The second-order valence-corrected chi connectivity index (χ2v) is 4.95. The zero-order valence-electron chi connectivity index (χ0n) is 12.0. The molecule has 7 heteroatoms. The molecule has 22 heavy (non-hydrogen) atoms. The van der Waals surface area contributed by atoms with Gasteiger partial charge in [-0.05, 0) is 18.2 Å². The van der Waals surface area contributed by atoms with Crippen LogP contribution < -0.4 is 10.6 Å². The Hall–Kier alpha value is -2.38. The van der Waals surface area contributed by atoms with Gasteiger partial charge in [-0.2, -0.15) is 5.10 Å². The fourth-order valence-electron chi connectivity index (χ4n) is 2.22. The molecule has 1 atom stereocenters. The summed E-state index contributed by atoms with van der Waals surface area (Å²) in [6.07, 6.45) is 1.60. The first-order chi connectivity index (χ1) is 10.8. The van der Waals surface area contributed by atoms with E-state index in [0.29, 0.717) is 32.1 Å². The second-order valence-electron chi connectivity index (χ2n) is 4.95. The Labute approximate surface area is 128 Å². The van der Waals surface area contributed by atoms with Gasteiger partial charge in [-0.1, -0.05) is 12.1 Å². The number of hydrogen-bond donors (Lipinski definition) is 3. The first kappa shape index (κ1) is 14.6. The molecule has 1 aromatic carbocycles. The number of carbonyl (C=O) groups is 1. The molecule has 3 N–H and O–H groups in total. The van der Waals surface area contributed by atoms with Crippen LogP contribution in [0.5, 0.6) is 0 Å². The predicted octanol–water partition coefficient (Wildman–Crippen LogP) is 1.61. The lowest BCUT2D eigenvalue weighted by atomic mass is 10.1. The molecule has 0 unspecified atom stereocenters. The number of nitrogens with one attached hydrogen (secondary N) is 3. The molecule has 2 amide bonds. The van der Waals surface area contributed by atoms with Crippen molar-refractivity contribution in [2.45, 2.75) is 6.10 Å². The number of ether oxygens (including phenoxy) is 2. The monoisotopic (exact) mass is 302 g/mol. The van der Waals surface area contributed by atoms with E-state index in [1.54, 1.807) is 6.20 Å². The number of carbonyl (C=O) groups excluding carboxylic acids is 1. The van der Waals surface area contributed by atoms with Crippen LogP contribution in [0.3, 0.4) is 0 Å². The lowest BCUT2D eigenvalue weighted by Gasteiger charge is -2.23. The van der Waals surface area contributed by atoms with Crippen LogP contribution in [0.15, 0.2) is 36.5 Å². The summed E-state index contributed by atoms with van der Waals surface area (Å²) in [5.41, 5.74) is 2.57. The van der Waals surface area contributed by atoms with Crippen LogP contribution in [0.25, 0.3) is 11.3 Å². The van der Waals surface area contributed by atoms with E-state index in [9.17, 15) is 4.79 Å². The molecular formula is C15H18N4O3. The number of benzene rings is 1. The number of aromatic amines is 1. The lowest BCUT2D eigenvalue weighted by molar-refractivity contribution is -0.0852. The van der Waals surface area contributed by atoms with Crippen molar-refractivity contribution in [3.8, 4) is 11.3 Å². The molecule has 0 bridgehead atoms. The van der Waals surface area contributed by atoms with Gasteiger partial charge in [-0.25, -0.2) is 4.79 Å². The van der Waals surface area contributed by atoms with E-state index in [1.165, 1.54) is 0 Å². The molecule has 1 aliphatic heterocycles. The summed E-state index contributed by atoms with van der Waals surface area (Å²) >= 11 is 0. The molecule has 2 aromatic rings. The van der Waals surface area contributed by atoms with E-state index < -0.39 is 0 Å². The maximum absolute atomic E-state index is 11.9. The van der Waals surface area contributed by atoms with E-state index in [-0.39, 0.29) is 12.1 Å². The number of nitrogens with zero attached hydrogens (tertiary/aromatic N) is 1. The van der Waals surface area contributed by atoms with Crippen molar-refractivity contribution in [1.82, 2.24) is 15.5 Å². The van der Waals surface area contributed by atoms with E-state index in [1.807, 2.05) is 30.3 Å². The van der Waals surface area contributed by atoms with Crippen LogP contribution in [-0.4, -0.2) is 48.7 Å². The maximum Gasteiger partial charge on any atom is 0.319 e. The van der Waals surface area contributed by atoms with Crippen LogP contribution in [0.1, 0.15) is 0 Å². The molecule has 0 aliphatic carbocycles. The molecule has 1 aliphatic rings. The normalized spacial score (nSPS) is 17.9. The molecule has 0 radical (unpaired) electrons. The van der Waals surface area contributed by atoms with Gasteiger partial charge >= 0.3 is 6.03 Å². The highest BCUT2D eigenvalue weighted by molar-refractivity contribution is 5.90. The second kappa shape index (κ2) is 7.06. The van der Waals surface area contributed by atoms with Gasteiger partial charge in [-0.15, -0.1) is 0 Å². The van der Waals surface area contributed by atoms with Crippen molar-refractivity contribution >= 4 is 11.7 Å². The van der Waals surface area contributed by atoms with Crippen molar-refractivity contribution in [3.05, 3.63) is 36.5 Å². The van der Waals surface area contributed by atoms with Gasteiger partial charge in [0.1, 0.15) is 0 Å². The molecule has 3 rings (SSSR count). The summed E-state index contributed by atoms with van der Waals surface area (Å²) in [6.45, 7) is 2.12. The topological polar surface area (TPSA) is 88.3 Å². The van der Waals surface area contributed by atoms with Crippen molar-refractivity contribution in [2.75, 3.05) is 31.7 Å². The summed E-state index contributed by atoms with van der Waals surface area (Å²) in [7, 11) is 0. The summed E-state index contributed by atoms with van der Waals surface area (Å²) < 4.78 is 10.8. The Bertz CT molecular complexity index is 609. The van der Waals surface area contributed by atoms with E-state index in [4.69, 9.17) is 9.47 Å². The highest BCUT2D eigenvalue weighted by atomic mass is 16.6. The molecule has 2 heterocycles. The fourth-order valence-corrected chi connectivity index (χ4v) is 2.22. The molecule has 1 aromatic heterocycles. The van der Waals surface area contributed by atoms with Crippen LogP contribution in [0.4, 0.5) is 10.5 Å². The van der Waals surface area contributed by atoms with Gasteiger partial charge in [0, 0.05) is 24.0 Å². The lowest BCUT2D eigenvalue weighted by Crippen LogP contribution is -2.41. The molecule has 116 valence electrons. The Balaban J connectivity index is 1.54. The van der Waals surface area contributed by atoms with Gasteiger partial charge < -0.3 is 20.1 Å². The molecule has 0 spiro atoms. The zero-order valence-corrected chi connectivity index (χ0v) is 12.0. The van der Waals surface area contributed by atoms with Gasteiger partial charge in [0.2, 0.25) is 0 Å². The number of amides is 2. The minimum atomic E-state index is -0.268. The third-order valence-electron chi connectivity index (χ3n) is 3.31. The first-order valence-corrected chi connectivity index (χ1v) is 7.15. The van der Waals surface area contributed by atoms with Gasteiger partial charge in [-0.3, -0.25) is 5.10 Å². The molecule has 1 fully saturated rings. The molecule has 7 nitrogen and oxygen atoms in total. The Morgan fingerprint density at radius 3 is 3.09 bits per heavy atom. The average Bonchev–Trinajstić information content (AvgIpc) is 3.09. The van der Waals surface area contributed by atoms with Crippen LogP contribution in [-0.2, 0) is 9.47 Å². The molecule has 0 saturated carbocycles. The number of aromatic nitrogens is 2. The van der Waals surface area contributed by atoms with Gasteiger partial charge in [0.15, 0.2) is 0 Å². The smallest absolute Gasteiger partial charge is 0.319 e. The fraction of sp³-hybridized carbons (Fsp3) is 0.333. The first-order valence-electron chi connectivity index (χ1n) is 7.15. The summed E-state index contributed by atoms with van der Waals surface area (Å²) in [4.78, 5) is 11.9. The van der Waals surface area contributed by atoms with E-state index >= 15 is 0 Å². The highest BCUT2D eigenvalue weighted by Crippen LogP contribution is 2.20. The minimum Gasteiger partial charge on any atom is -0.376 e. The third kappa shape index (κ3) is 3.84. The van der Waals surface area contributed by atoms with Gasteiger partial charge in [0.05, 0.1) is 31.6 Å². The van der Waals surface area contributed by atoms with Crippen LogP contribution >= 0.6 is 0 Å². The van der Waals surface area contributed by atoms with Crippen LogP contribution in [0.2, 0.25) is 0 Å². The van der Waals surface area contributed by atoms with E-state index in [0.717, 1.165) is 11.3 Å². The molecular weight excluding hydrogens is 284 g/mol. The Morgan fingerprint density at radius 2 is 2.32 bits per heavy atom. The van der Waals surface area contributed by atoms with Gasteiger partial charge in [0.25, 0.3) is 0 Å². The highest BCUT2D eigenvalue weighted by Gasteiger charge is 2.15. The quantitative estimate of drug-likeness (QED) is 0.800. The van der Waals surface area contributed by atoms with Crippen molar-refractivity contribution in [1.29, 1.82) is 0 Å².